The van der Waals surface area contributed by atoms with Gasteiger partial charge in [0.1, 0.15) is 0 Å². The molecule has 1 aromatic carbocycles. The van der Waals surface area contributed by atoms with Crippen molar-refractivity contribution in [2.24, 2.45) is 0 Å². The van der Waals surface area contributed by atoms with Crippen molar-refractivity contribution in [2.75, 3.05) is 11.9 Å². The molecule has 0 aliphatic carbocycles. The van der Waals surface area contributed by atoms with Crippen LogP contribution < -0.4 is 5.32 Å². The van der Waals surface area contributed by atoms with Crippen LogP contribution in [0.2, 0.25) is 0 Å². The minimum Gasteiger partial charge on any atom is -0.361 e. The number of thiophene rings is 1. The molecule has 2 N–H and O–H groups in total. The molecule has 0 saturated carbocycles. The number of carbonyl (C=O) groups excluding carboxylic acids is 1. The summed E-state index contributed by atoms with van der Waals surface area (Å²) in [6, 6.07) is 10.3. The van der Waals surface area contributed by atoms with Crippen molar-refractivity contribution in [3.63, 3.8) is 0 Å². The number of amides is 2. The summed E-state index contributed by atoms with van der Waals surface area (Å²) in [5, 5.41) is 8.35. The second kappa shape index (κ2) is 5.50. The lowest BCUT2D eigenvalue weighted by Crippen LogP contribution is -2.34. The zero-order valence-electron chi connectivity index (χ0n) is 12.1. The molecule has 112 valence electrons. The van der Waals surface area contributed by atoms with E-state index in [-0.39, 0.29) is 12.1 Å². The van der Waals surface area contributed by atoms with Gasteiger partial charge in [-0.2, -0.15) is 11.3 Å². The molecule has 5 heteroatoms. The average Bonchev–Trinajstić information content (AvgIpc) is 3.26. The number of nitrogens with zero attached hydrogens (tertiary/aromatic N) is 1. The maximum atomic E-state index is 12.6. The number of benzene rings is 1. The van der Waals surface area contributed by atoms with Crippen molar-refractivity contribution >= 4 is 34.0 Å². The molecular formula is C17H17N3OS. The Kier molecular flexibility index (Phi) is 3.35. The number of hydrogen-bond donors (Lipinski definition) is 2. The number of aromatic nitrogens is 1. The van der Waals surface area contributed by atoms with E-state index in [1.165, 1.54) is 5.56 Å². The Labute approximate surface area is 132 Å². The van der Waals surface area contributed by atoms with Crippen LogP contribution in [0.25, 0.3) is 10.9 Å². The van der Waals surface area contributed by atoms with E-state index >= 15 is 0 Å². The van der Waals surface area contributed by atoms with E-state index in [4.69, 9.17) is 0 Å². The topological polar surface area (TPSA) is 48.1 Å². The highest BCUT2D eigenvalue weighted by Gasteiger charge is 2.30. The smallest absolute Gasteiger partial charge is 0.322 e. The lowest BCUT2D eigenvalue weighted by Gasteiger charge is -2.24. The van der Waals surface area contributed by atoms with Gasteiger partial charge in [-0.1, -0.05) is 0 Å². The normalized spacial score (nSPS) is 18.0. The zero-order valence-corrected chi connectivity index (χ0v) is 12.9. The van der Waals surface area contributed by atoms with Crippen LogP contribution in [0.15, 0.2) is 47.3 Å². The first-order valence-corrected chi connectivity index (χ1v) is 8.42. The first kappa shape index (κ1) is 13.4. The van der Waals surface area contributed by atoms with Crippen molar-refractivity contribution < 1.29 is 4.79 Å². The standard InChI is InChI=1S/C17H17N3OS/c21-17(19-14-3-4-15-12(10-14)5-7-18-15)20-8-1-2-16(20)13-6-9-22-11-13/h3-7,9-11,16,18H,1-2,8H2,(H,19,21). The highest BCUT2D eigenvalue weighted by Crippen LogP contribution is 2.33. The van der Waals surface area contributed by atoms with Gasteiger partial charge < -0.3 is 15.2 Å². The molecule has 3 aromatic rings. The second-order valence-electron chi connectivity index (χ2n) is 5.62. The van der Waals surface area contributed by atoms with Crippen LogP contribution in [-0.4, -0.2) is 22.5 Å². The van der Waals surface area contributed by atoms with Crippen LogP contribution in [0.1, 0.15) is 24.4 Å². The molecule has 22 heavy (non-hydrogen) atoms. The Balaban J connectivity index is 1.53. The predicted molar refractivity (Wildman–Crippen MR) is 90.3 cm³/mol. The number of anilines is 1. The molecule has 1 aliphatic rings. The van der Waals surface area contributed by atoms with Gasteiger partial charge in [-0.25, -0.2) is 4.79 Å². The Hall–Kier alpha value is -2.27. The number of fused-ring (bicyclic) bond motifs is 1. The summed E-state index contributed by atoms with van der Waals surface area (Å²) >= 11 is 1.68. The lowest BCUT2D eigenvalue weighted by molar-refractivity contribution is 0.207. The van der Waals surface area contributed by atoms with Gasteiger partial charge in [-0.15, -0.1) is 0 Å². The van der Waals surface area contributed by atoms with Gasteiger partial charge in [-0.05, 0) is 59.5 Å². The highest BCUT2D eigenvalue weighted by molar-refractivity contribution is 7.08. The van der Waals surface area contributed by atoms with E-state index in [0.717, 1.165) is 36.0 Å². The fourth-order valence-electron chi connectivity index (χ4n) is 3.15. The summed E-state index contributed by atoms with van der Waals surface area (Å²) in [6.07, 6.45) is 4.01. The molecule has 0 bridgehead atoms. The van der Waals surface area contributed by atoms with Crippen LogP contribution in [0, 0.1) is 0 Å². The Morgan fingerprint density at radius 3 is 3.14 bits per heavy atom. The molecule has 0 spiro atoms. The molecule has 3 heterocycles. The number of rotatable bonds is 2. The fraction of sp³-hybridized carbons (Fsp3) is 0.235. The van der Waals surface area contributed by atoms with Crippen molar-refractivity contribution in [3.05, 3.63) is 52.9 Å². The molecule has 1 fully saturated rings. The summed E-state index contributed by atoms with van der Waals surface area (Å²) in [5.41, 5.74) is 3.17. The predicted octanol–water partition coefficient (Wildman–Crippen LogP) is 4.60. The van der Waals surface area contributed by atoms with Gasteiger partial charge >= 0.3 is 6.03 Å². The third-order valence-corrected chi connectivity index (χ3v) is 4.95. The molecule has 1 atom stereocenters. The molecule has 1 saturated heterocycles. The number of H-pyrrole nitrogens is 1. The summed E-state index contributed by atoms with van der Waals surface area (Å²) in [6.45, 7) is 0.818. The van der Waals surface area contributed by atoms with Gasteiger partial charge in [0.25, 0.3) is 0 Å². The van der Waals surface area contributed by atoms with Crippen LogP contribution in [0.3, 0.4) is 0 Å². The van der Waals surface area contributed by atoms with E-state index in [2.05, 4.69) is 27.1 Å². The molecule has 4 nitrogen and oxygen atoms in total. The number of hydrogen-bond acceptors (Lipinski definition) is 2. The van der Waals surface area contributed by atoms with E-state index in [9.17, 15) is 4.79 Å². The third kappa shape index (κ3) is 2.37. The molecular weight excluding hydrogens is 294 g/mol. The van der Waals surface area contributed by atoms with E-state index in [0.29, 0.717) is 0 Å². The van der Waals surface area contributed by atoms with Gasteiger partial charge in [0.05, 0.1) is 6.04 Å². The zero-order chi connectivity index (χ0) is 14.9. The van der Waals surface area contributed by atoms with E-state index in [1.807, 2.05) is 35.4 Å². The Morgan fingerprint density at radius 2 is 2.27 bits per heavy atom. The molecule has 1 aliphatic heterocycles. The number of likely N-dealkylation sites (tertiary alicyclic amines) is 1. The molecule has 4 rings (SSSR count). The largest absolute Gasteiger partial charge is 0.361 e. The van der Waals surface area contributed by atoms with Crippen LogP contribution >= 0.6 is 11.3 Å². The lowest BCUT2D eigenvalue weighted by atomic mass is 10.1. The van der Waals surface area contributed by atoms with Gasteiger partial charge in [0.15, 0.2) is 0 Å². The number of carbonyl (C=O) groups is 1. The summed E-state index contributed by atoms with van der Waals surface area (Å²) in [5.74, 6) is 0. The minimum absolute atomic E-state index is 0.0106. The Morgan fingerprint density at radius 1 is 1.32 bits per heavy atom. The summed E-state index contributed by atoms with van der Waals surface area (Å²) in [4.78, 5) is 17.7. The molecule has 2 aromatic heterocycles. The SMILES string of the molecule is O=C(Nc1ccc2[nH]ccc2c1)N1CCCC1c1ccsc1. The maximum absolute atomic E-state index is 12.6. The summed E-state index contributed by atoms with van der Waals surface area (Å²) in [7, 11) is 0. The first-order valence-electron chi connectivity index (χ1n) is 7.48. The van der Waals surface area contributed by atoms with Crippen molar-refractivity contribution in [2.45, 2.75) is 18.9 Å². The quantitative estimate of drug-likeness (QED) is 0.714. The second-order valence-corrected chi connectivity index (χ2v) is 6.40. The Bertz CT molecular complexity index is 793. The van der Waals surface area contributed by atoms with Gasteiger partial charge in [0.2, 0.25) is 0 Å². The molecule has 0 radical (unpaired) electrons. The molecule has 1 unspecified atom stereocenters. The fourth-order valence-corrected chi connectivity index (χ4v) is 3.85. The highest BCUT2D eigenvalue weighted by atomic mass is 32.1. The minimum atomic E-state index is -0.0106. The van der Waals surface area contributed by atoms with Crippen molar-refractivity contribution in [3.8, 4) is 0 Å². The van der Waals surface area contributed by atoms with Crippen molar-refractivity contribution in [1.29, 1.82) is 0 Å². The van der Waals surface area contributed by atoms with Gasteiger partial charge in [-0.3, -0.25) is 0 Å². The maximum Gasteiger partial charge on any atom is 0.322 e. The van der Waals surface area contributed by atoms with Crippen LogP contribution in [0.4, 0.5) is 10.5 Å². The van der Waals surface area contributed by atoms with Crippen molar-refractivity contribution in [1.82, 2.24) is 9.88 Å². The number of aromatic amines is 1. The number of nitrogens with one attached hydrogen (secondary N) is 2. The van der Waals surface area contributed by atoms with Gasteiger partial charge in [0, 0.05) is 29.3 Å². The monoisotopic (exact) mass is 311 g/mol. The summed E-state index contributed by atoms with van der Waals surface area (Å²) < 4.78 is 0. The van der Waals surface area contributed by atoms with E-state index in [1.54, 1.807) is 11.3 Å². The van der Waals surface area contributed by atoms with Crippen LogP contribution in [0.5, 0.6) is 0 Å². The average molecular weight is 311 g/mol. The number of urea groups is 1. The third-order valence-electron chi connectivity index (χ3n) is 4.25. The van der Waals surface area contributed by atoms with E-state index < -0.39 is 0 Å². The first-order chi connectivity index (χ1) is 10.8. The van der Waals surface area contributed by atoms with Crippen LogP contribution in [-0.2, 0) is 0 Å². The molecule has 2 amide bonds.